The standard InChI is InChI=1S/C22H25NO5/c1-23-9-8-21-16-12-4-5-14(26-2)17(16)28-19(21)22(27-3)7-6-20(21,15(23)10-12)11-13(22)18(24)25/h4-7,13,15,19H,8-11H2,1-3H3,(H,24,25)/t13-,15+,19-,20+,21+,22+/m1/s1. The van der Waals surface area contributed by atoms with E-state index in [-0.39, 0.29) is 23.0 Å². The van der Waals surface area contributed by atoms with Crippen LogP contribution in [0.25, 0.3) is 0 Å². The smallest absolute Gasteiger partial charge is 0.309 e. The number of carboxylic acids is 1. The highest BCUT2D eigenvalue weighted by atomic mass is 16.6. The summed E-state index contributed by atoms with van der Waals surface area (Å²) in [5.41, 5.74) is 1.05. The van der Waals surface area contributed by atoms with E-state index in [1.165, 1.54) is 11.1 Å². The summed E-state index contributed by atoms with van der Waals surface area (Å²) in [6.07, 6.45) is 6.35. The van der Waals surface area contributed by atoms with E-state index < -0.39 is 17.5 Å². The van der Waals surface area contributed by atoms with Crippen LogP contribution in [-0.2, 0) is 21.4 Å². The fourth-order valence-corrected chi connectivity index (χ4v) is 7.49. The van der Waals surface area contributed by atoms with E-state index in [9.17, 15) is 9.90 Å². The van der Waals surface area contributed by atoms with E-state index in [1.807, 2.05) is 12.1 Å². The molecule has 148 valence electrons. The number of nitrogens with zero attached hydrogens (tertiary/aromatic N) is 1. The van der Waals surface area contributed by atoms with Crippen molar-refractivity contribution < 1.29 is 24.1 Å². The Bertz CT molecular complexity index is 943. The van der Waals surface area contributed by atoms with Gasteiger partial charge in [0.15, 0.2) is 11.5 Å². The molecule has 6 nitrogen and oxygen atoms in total. The average Bonchev–Trinajstić information content (AvgIpc) is 3.07. The second-order valence-electron chi connectivity index (χ2n) is 9.08. The number of rotatable bonds is 3. The SMILES string of the molecule is COc1ccc2c3c1O[C@H]1[C@]4(OC)C=C[C@]5(C[C@@H]4C(=O)O)[C@H](C2)N(C)CC[C@]315. The van der Waals surface area contributed by atoms with Crippen molar-refractivity contribution in [2.24, 2.45) is 11.3 Å². The highest BCUT2D eigenvalue weighted by molar-refractivity contribution is 5.76. The summed E-state index contributed by atoms with van der Waals surface area (Å²) in [6.45, 7) is 0.966. The third-order valence-electron chi connectivity index (χ3n) is 8.58. The molecule has 2 heterocycles. The van der Waals surface area contributed by atoms with E-state index >= 15 is 0 Å². The molecule has 28 heavy (non-hydrogen) atoms. The molecule has 1 aromatic carbocycles. The molecule has 6 atom stereocenters. The average molecular weight is 383 g/mol. The number of likely N-dealkylation sites (tertiary alicyclic amines) is 1. The third kappa shape index (κ3) is 1.46. The van der Waals surface area contributed by atoms with Gasteiger partial charge in [0, 0.05) is 24.1 Å². The monoisotopic (exact) mass is 383 g/mol. The lowest BCUT2D eigenvalue weighted by molar-refractivity contribution is -0.219. The molecule has 2 aliphatic heterocycles. The molecule has 0 radical (unpaired) electrons. The van der Waals surface area contributed by atoms with Crippen LogP contribution in [-0.4, -0.2) is 61.5 Å². The van der Waals surface area contributed by atoms with Crippen molar-refractivity contribution in [2.45, 2.75) is 42.4 Å². The predicted molar refractivity (Wildman–Crippen MR) is 101 cm³/mol. The van der Waals surface area contributed by atoms with Gasteiger partial charge in [-0.3, -0.25) is 4.79 Å². The van der Waals surface area contributed by atoms with E-state index in [0.29, 0.717) is 6.42 Å². The van der Waals surface area contributed by atoms with Gasteiger partial charge in [-0.1, -0.05) is 18.2 Å². The number of hydrogen-bond acceptors (Lipinski definition) is 5. The van der Waals surface area contributed by atoms with Gasteiger partial charge in [0.2, 0.25) is 0 Å². The third-order valence-corrected chi connectivity index (χ3v) is 8.58. The number of piperidine rings is 1. The fraction of sp³-hybridized carbons (Fsp3) is 0.591. The second kappa shape index (κ2) is 4.92. The topological polar surface area (TPSA) is 68.2 Å². The van der Waals surface area contributed by atoms with Crippen LogP contribution in [0.15, 0.2) is 24.3 Å². The van der Waals surface area contributed by atoms with Gasteiger partial charge in [-0.15, -0.1) is 0 Å². The molecule has 1 aromatic rings. The van der Waals surface area contributed by atoms with Gasteiger partial charge in [-0.05, 0) is 44.5 Å². The number of carboxylic acid groups (broad SMARTS) is 1. The van der Waals surface area contributed by atoms with E-state index in [1.54, 1.807) is 14.2 Å². The van der Waals surface area contributed by atoms with Gasteiger partial charge in [0.05, 0.1) is 18.4 Å². The van der Waals surface area contributed by atoms with Crippen molar-refractivity contribution in [1.82, 2.24) is 4.90 Å². The molecule has 2 spiro atoms. The van der Waals surface area contributed by atoms with Crippen LogP contribution in [0.3, 0.4) is 0 Å². The molecule has 4 bridgehead atoms. The Morgan fingerprint density at radius 1 is 1.32 bits per heavy atom. The maximum absolute atomic E-state index is 12.4. The number of carbonyl (C=O) groups is 1. The molecule has 0 amide bonds. The largest absolute Gasteiger partial charge is 0.493 e. The lowest BCUT2D eigenvalue weighted by Gasteiger charge is -2.70. The minimum absolute atomic E-state index is 0.257. The zero-order valence-corrected chi connectivity index (χ0v) is 16.4. The van der Waals surface area contributed by atoms with Crippen LogP contribution in [0.4, 0.5) is 0 Å². The summed E-state index contributed by atoms with van der Waals surface area (Å²) in [4.78, 5) is 14.8. The van der Waals surface area contributed by atoms with Crippen LogP contribution < -0.4 is 9.47 Å². The Morgan fingerprint density at radius 2 is 2.14 bits per heavy atom. The molecule has 4 aliphatic carbocycles. The summed E-state index contributed by atoms with van der Waals surface area (Å²) in [5.74, 6) is 0.0936. The molecule has 2 fully saturated rings. The van der Waals surface area contributed by atoms with Gasteiger partial charge >= 0.3 is 5.97 Å². The molecule has 1 saturated heterocycles. The Morgan fingerprint density at radius 3 is 2.86 bits per heavy atom. The number of benzene rings is 1. The lowest BCUT2D eigenvalue weighted by Crippen LogP contribution is -2.79. The first-order valence-electron chi connectivity index (χ1n) is 10.0. The molecule has 0 unspecified atom stereocenters. The fourth-order valence-electron chi connectivity index (χ4n) is 7.49. The van der Waals surface area contributed by atoms with E-state index in [0.717, 1.165) is 30.9 Å². The quantitative estimate of drug-likeness (QED) is 0.806. The van der Waals surface area contributed by atoms with E-state index in [2.05, 4.69) is 24.1 Å². The second-order valence-corrected chi connectivity index (χ2v) is 9.08. The number of ether oxygens (including phenoxy) is 3. The molecule has 6 aliphatic rings. The van der Waals surface area contributed by atoms with Gasteiger partial charge in [-0.25, -0.2) is 0 Å². The first kappa shape index (κ1) is 16.9. The Balaban J connectivity index is 1.72. The molecular weight excluding hydrogens is 358 g/mol. The maximum atomic E-state index is 12.4. The minimum atomic E-state index is -0.966. The van der Waals surface area contributed by atoms with Crippen molar-refractivity contribution in [2.75, 3.05) is 27.8 Å². The van der Waals surface area contributed by atoms with Crippen LogP contribution in [0.2, 0.25) is 0 Å². The first-order valence-corrected chi connectivity index (χ1v) is 10.0. The maximum Gasteiger partial charge on any atom is 0.309 e. The molecular formula is C22H25NO5. The number of likely N-dealkylation sites (N-methyl/N-ethyl adjacent to an activating group) is 1. The molecule has 6 heteroatoms. The zero-order chi connectivity index (χ0) is 19.5. The number of hydrogen-bond donors (Lipinski definition) is 1. The van der Waals surface area contributed by atoms with Crippen molar-refractivity contribution in [3.8, 4) is 11.5 Å². The van der Waals surface area contributed by atoms with Crippen molar-refractivity contribution >= 4 is 5.97 Å². The number of aliphatic carboxylic acids is 1. The molecule has 0 aromatic heterocycles. The van der Waals surface area contributed by atoms with Crippen molar-refractivity contribution in [3.05, 3.63) is 35.4 Å². The van der Waals surface area contributed by atoms with Crippen molar-refractivity contribution in [3.63, 3.8) is 0 Å². The summed E-state index contributed by atoms with van der Waals surface area (Å²) in [6, 6.07) is 4.41. The molecule has 7 rings (SSSR count). The Labute approximate surface area is 164 Å². The highest BCUT2D eigenvalue weighted by Crippen LogP contribution is 2.74. The summed E-state index contributed by atoms with van der Waals surface area (Å²) in [5, 5.41) is 10.1. The first-order chi connectivity index (χ1) is 13.4. The minimum Gasteiger partial charge on any atom is -0.493 e. The Hall–Kier alpha value is -2.05. The van der Waals surface area contributed by atoms with Crippen molar-refractivity contribution in [1.29, 1.82) is 0 Å². The van der Waals surface area contributed by atoms with Crippen LogP contribution in [0.5, 0.6) is 11.5 Å². The normalized spacial score (nSPS) is 44.2. The molecule has 1 saturated carbocycles. The number of methoxy groups -OCH3 is 2. The van der Waals surface area contributed by atoms with Gasteiger partial charge in [0.25, 0.3) is 0 Å². The summed E-state index contributed by atoms with van der Waals surface area (Å²) >= 11 is 0. The highest BCUT2D eigenvalue weighted by Gasteiger charge is 2.79. The van der Waals surface area contributed by atoms with Gasteiger partial charge < -0.3 is 24.2 Å². The summed E-state index contributed by atoms with van der Waals surface area (Å²) < 4.78 is 18.3. The van der Waals surface area contributed by atoms with Gasteiger partial charge in [-0.2, -0.15) is 0 Å². The van der Waals surface area contributed by atoms with Crippen LogP contribution >= 0.6 is 0 Å². The van der Waals surface area contributed by atoms with Crippen LogP contribution in [0, 0.1) is 11.3 Å². The predicted octanol–water partition coefficient (Wildman–Crippen LogP) is 2.00. The van der Waals surface area contributed by atoms with Gasteiger partial charge in [0.1, 0.15) is 11.7 Å². The van der Waals surface area contributed by atoms with Crippen LogP contribution in [0.1, 0.15) is 24.0 Å². The number of fused-ring (bicyclic) bond motifs is 1. The van der Waals surface area contributed by atoms with E-state index in [4.69, 9.17) is 14.2 Å². The zero-order valence-electron chi connectivity index (χ0n) is 16.4. The lowest BCUT2D eigenvalue weighted by atomic mass is 9.37. The summed E-state index contributed by atoms with van der Waals surface area (Å²) in [7, 11) is 5.45. The Kier molecular flexibility index (Phi) is 2.96. The molecule has 1 N–H and O–H groups in total.